The molecule has 176 valence electrons. The van der Waals surface area contributed by atoms with E-state index in [2.05, 4.69) is 0 Å². The molecule has 0 aromatic carbocycles. The van der Waals surface area contributed by atoms with Gasteiger partial charge in [0.15, 0.2) is 0 Å². The summed E-state index contributed by atoms with van der Waals surface area (Å²) in [5.74, 6) is -2.28. The molecule has 8 nitrogen and oxygen atoms in total. The molecule has 0 radical (unpaired) electrons. The standard InChI is InChI=1S/C23H36O8/c1-10(24)18(26)31-16-11-6-7-12-21(5,28)15-14-17(30-14)19(2,3)23(15,29)13(25)8-22(12,16)9-20(11,4)27/h10-17,24-25,27-29H,6-9H2,1-5H3/t10?,11-,12-,13+,14?,15-,16?,17-,20+,21+,22?,23+/m0/s1. The number of rotatable bonds is 2. The minimum atomic E-state index is -1.58. The molecule has 0 amide bonds. The molecular formula is C23H36O8. The van der Waals surface area contributed by atoms with Gasteiger partial charge in [-0.3, -0.25) is 0 Å². The van der Waals surface area contributed by atoms with Crippen molar-refractivity contribution >= 4 is 5.97 Å². The molecule has 4 aliphatic carbocycles. The van der Waals surface area contributed by atoms with E-state index >= 15 is 0 Å². The first kappa shape index (κ1) is 22.0. The second-order valence-electron chi connectivity index (χ2n) is 12.0. The van der Waals surface area contributed by atoms with Crippen molar-refractivity contribution in [3.8, 4) is 0 Å². The van der Waals surface area contributed by atoms with Gasteiger partial charge in [0, 0.05) is 22.7 Å². The van der Waals surface area contributed by atoms with Crippen molar-refractivity contribution in [2.24, 2.45) is 28.6 Å². The van der Waals surface area contributed by atoms with Gasteiger partial charge in [0.05, 0.1) is 29.5 Å². The van der Waals surface area contributed by atoms with Crippen LogP contribution in [-0.2, 0) is 14.3 Å². The number of ether oxygens (including phenoxy) is 2. The van der Waals surface area contributed by atoms with Crippen LogP contribution in [0, 0.1) is 28.6 Å². The highest BCUT2D eigenvalue weighted by Gasteiger charge is 2.83. The van der Waals surface area contributed by atoms with Crippen LogP contribution in [0.25, 0.3) is 0 Å². The van der Waals surface area contributed by atoms with Crippen LogP contribution < -0.4 is 0 Å². The minimum Gasteiger partial charge on any atom is -0.459 e. The lowest BCUT2D eigenvalue weighted by atomic mass is 9.57. The molecule has 1 aliphatic heterocycles. The van der Waals surface area contributed by atoms with Gasteiger partial charge in [-0.05, 0) is 52.4 Å². The quantitative estimate of drug-likeness (QED) is 0.301. The molecule has 5 fully saturated rings. The highest BCUT2D eigenvalue weighted by molar-refractivity contribution is 5.74. The largest absolute Gasteiger partial charge is 0.459 e. The normalized spacial score (nSPS) is 59.7. The number of esters is 1. The van der Waals surface area contributed by atoms with E-state index in [9.17, 15) is 30.3 Å². The summed E-state index contributed by atoms with van der Waals surface area (Å²) in [6.45, 7) is 8.47. The molecule has 1 spiro atoms. The Kier molecular flexibility index (Phi) is 4.28. The predicted molar refractivity (Wildman–Crippen MR) is 108 cm³/mol. The molecule has 4 unspecified atom stereocenters. The maximum absolute atomic E-state index is 12.4. The number of epoxide rings is 1. The average Bonchev–Trinajstić information content (AvgIpc) is 3.36. The van der Waals surface area contributed by atoms with E-state index in [1.165, 1.54) is 6.92 Å². The van der Waals surface area contributed by atoms with Crippen molar-refractivity contribution < 1.29 is 39.8 Å². The number of hydrogen-bond donors (Lipinski definition) is 5. The van der Waals surface area contributed by atoms with Crippen molar-refractivity contribution in [2.45, 2.75) is 108 Å². The van der Waals surface area contributed by atoms with Crippen LogP contribution in [0.5, 0.6) is 0 Å². The second-order valence-corrected chi connectivity index (χ2v) is 12.0. The SMILES string of the molecule is CC(O)C(=O)OC1[C@@H]2CC[C@@H]3C1(C[C@@H](O)[C@@]1(O)[C@@H](C4O[C@@H]4C1(C)C)[C@]3(C)O)C[C@@]2(C)O. The lowest BCUT2D eigenvalue weighted by Crippen LogP contribution is -2.63. The van der Waals surface area contributed by atoms with E-state index in [0.29, 0.717) is 12.8 Å². The third-order valence-electron chi connectivity index (χ3n) is 9.95. The molecule has 5 aliphatic rings. The summed E-state index contributed by atoms with van der Waals surface area (Å²) < 4.78 is 11.7. The molecule has 1 saturated heterocycles. The number of carbonyl (C=O) groups is 1. The van der Waals surface area contributed by atoms with E-state index in [0.717, 1.165) is 0 Å². The molecule has 31 heavy (non-hydrogen) atoms. The van der Waals surface area contributed by atoms with E-state index in [1.807, 2.05) is 13.8 Å². The van der Waals surface area contributed by atoms with Gasteiger partial charge in [-0.25, -0.2) is 4.79 Å². The van der Waals surface area contributed by atoms with E-state index in [-0.39, 0.29) is 31.0 Å². The number of carbonyl (C=O) groups excluding carboxylic acids is 1. The van der Waals surface area contributed by atoms with Gasteiger partial charge in [0.2, 0.25) is 0 Å². The molecular weight excluding hydrogens is 404 g/mol. The van der Waals surface area contributed by atoms with Crippen LogP contribution >= 0.6 is 0 Å². The highest BCUT2D eigenvalue weighted by Crippen LogP contribution is 2.73. The van der Waals surface area contributed by atoms with Crippen LogP contribution in [0.2, 0.25) is 0 Å². The predicted octanol–water partition coefficient (Wildman–Crippen LogP) is 0.116. The Labute approximate surface area is 182 Å². The summed E-state index contributed by atoms with van der Waals surface area (Å²) in [5, 5.41) is 56.6. The van der Waals surface area contributed by atoms with Gasteiger partial charge in [0.25, 0.3) is 0 Å². The number of fused-ring (bicyclic) bond motifs is 4. The fourth-order valence-electron chi connectivity index (χ4n) is 8.65. The zero-order valence-electron chi connectivity index (χ0n) is 18.9. The fourth-order valence-corrected chi connectivity index (χ4v) is 8.65. The summed E-state index contributed by atoms with van der Waals surface area (Å²) in [7, 11) is 0. The Morgan fingerprint density at radius 2 is 1.77 bits per heavy atom. The van der Waals surface area contributed by atoms with Gasteiger partial charge in [-0.15, -0.1) is 0 Å². The Morgan fingerprint density at radius 1 is 1.13 bits per heavy atom. The van der Waals surface area contributed by atoms with E-state index in [4.69, 9.17) is 9.47 Å². The van der Waals surface area contributed by atoms with Crippen molar-refractivity contribution in [2.75, 3.05) is 0 Å². The molecule has 12 atom stereocenters. The third-order valence-corrected chi connectivity index (χ3v) is 9.95. The number of hydrogen-bond acceptors (Lipinski definition) is 8. The van der Waals surface area contributed by atoms with Crippen molar-refractivity contribution in [1.82, 2.24) is 0 Å². The van der Waals surface area contributed by atoms with E-state index in [1.54, 1.807) is 13.8 Å². The minimum absolute atomic E-state index is 0.0914. The second kappa shape index (κ2) is 6.02. The molecule has 2 bridgehead atoms. The van der Waals surface area contributed by atoms with Gasteiger partial charge in [0.1, 0.15) is 17.8 Å². The monoisotopic (exact) mass is 440 g/mol. The number of aliphatic hydroxyl groups is 5. The molecule has 0 aromatic rings. The van der Waals surface area contributed by atoms with Gasteiger partial charge in [-0.1, -0.05) is 13.8 Å². The van der Waals surface area contributed by atoms with Crippen LogP contribution in [0.15, 0.2) is 0 Å². The van der Waals surface area contributed by atoms with Crippen molar-refractivity contribution in [3.63, 3.8) is 0 Å². The summed E-state index contributed by atoms with van der Waals surface area (Å²) >= 11 is 0. The van der Waals surface area contributed by atoms with E-state index < -0.39 is 63.8 Å². The molecule has 4 saturated carbocycles. The first-order valence-corrected chi connectivity index (χ1v) is 11.5. The molecule has 8 heteroatoms. The Morgan fingerprint density at radius 3 is 2.39 bits per heavy atom. The fraction of sp³-hybridized carbons (Fsp3) is 0.957. The Hall–Kier alpha value is -0.770. The number of aliphatic hydroxyl groups excluding tert-OH is 2. The molecule has 1 heterocycles. The zero-order valence-corrected chi connectivity index (χ0v) is 18.9. The molecule has 5 N–H and O–H groups in total. The molecule has 0 aromatic heterocycles. The van der Waals surface area contributed by atoms with Crippen LogP contribution in [0.3, 0.4) is 0 Å². The molecule has 5 rings (SSSR count). The summed E-state index contributed by atoms with van der Waals surface area (Å²) in [6, 6.07) is 0. The van der Waals surface area contributed by atoms with Gasteiger partial charge < -0.3 is 35.0 Å². The van der Waals surface area contributed by atoms with Crippen LogP contribution in [0.4, 0.5) is 0 Å². The lowest BCUT2D eigenvalue weighted by molar-refractivity contribution is -0.223. The third kappa shape index (κ3) is 2.44. The topological polar surface area (TPSA) is 140 Å². The van der Waals surface area contributed by atoms with Crippen molar-refractivity contribution in [3.05, 3.63) is 0 Å². The first-order valence-electron chi connectivity index (χ1n) is 11.5. The van der Waals surface area contributed by atoms with Gasteiger partial charge >= 0.3 is 5.97 Å². The highest BCUT2D eigenvalue weighted by atomic mass is 16.6. The maximum Gasteiger partial charge on any atom is 0.334 e. The van der Waals surface area contributed by atoms with Crippen LogP contribution in [0.1, 0.15) is 60.3 Å². The summed E-state index contributed by atoms with van der Waals surface area (Å²) in [6.07, 6.45) is -2.43. The summed E-state index contributed by atoms with van der Waals surface area (Å²) in [4.78, 5) is 12.4. The van der Waals surface area contributed by atoms with Crippen LogP contribution in [-0.4, -0.2) is 78.8 Å². The smallest absolute Gasteiger partial charge is 0.334 e. The Bertz CT molecular complexity index is 805. The van der Waals surface area contributed by atoms with Gasteiger partial charge in [-0.2, -0.15) is 0 Å². The average molecular weight is 441 g/mol. The zero-order chi connectivity index (χ0) is 22.9. The lowest BCUT2D eigenvalue weighted by Gasteiger charge is -2.52. The maximum atomic E-state index is 12.4. The summed E-state index contributed by atoms with van der Waals surface area (Å²) in [5.41, 5.74) is -5.87. The van der Waals surface area contributed by atoms with Crippen molar-refractivity contribution in [1.29, 1.82) is 0 Å². The first-order chi connectivity index (χ1) is 14.1. The Balaban J connectivity index is 1.66.